The molecule has 0 aromatic carbocycles. The molecule has 13 rings (SSSR count). The van der Waals surface area contributed by atoms with E-state index >= 15 is 0 Å². The summed E-state index contributed by atoms with van der Waals surface area (Å²) in [4.78, 5) is 151. The van der Waals surface area contributed by atoms with Gasteiger partial charge in [-0.05, 0) is 272 Å². The van der Waals surface area contributed by atoms with Gasteiger partial charge in [0.05, 0.1) is 48.5 Å². The van der Waals surface area contributed by atoms with Crippen molar-refractivity contribution in [3.63, 3.8) is 0 Å². The number of nitrogens with zero attached hydrogens (tertiary/aromatic N) is 12. The normalized spacial score (nSPS) is 17.5. The molecule has 0 unspecified atom stereocenters. The second-order valence-corrected chi connectivity index (χ2v) is 48.6. The predicted octanol–water partition coefficient (Wildman–Crippen LogP) is 17.7. The van der Waals surface area contributed by atoms with Gasteiger partial charge in [0.1, 0.15) is 46.0 Å². The Kier molecular flexibility index (Phi) is 36.6. The summed E-state index contributed by atoms with van der Waals surface area (Å²) in [6.45, 7) is 55.1. The van der Waals surface area contributed by atoms with Crippen LogP contribution in [0.15, 0.2) is 49.1 Å². The summed E-state index contributed by atoms with van der Waals surface area (Å²) >= 11 is 4.57. The summed E-state index contributed by atoms with van der Waals surface area (Å²) in [6.07, 6.45) is 17.7. The average molecular weight is 2030 g/mol. The highest BCUT2D eigenvalue weighted by molar-refractivity contribution is 7.18. The number of likely N-dealkylation sites (tertiary alicyclic amines) is 4. The first kappa shape index (κ1) is 113. The number of aromatic nitrogens is 8. The van der Waals surface area contributed by atoms with Crippen molar-refractivity contribution in [3.8, 4) is 41.8 Å². The third-order valence-corrected chi connectivity index (χ3v) is 29.3. The first-order chi connectivity index (χ1) is 65.4. The third-order valence-electron chi connectivity index (χ3n) is 25.0. The van der Waals surface area contributed by atoms with E-state index in [4.69, 9.17) is 0 Å². The molecule has 38 heteroatoms. The molecule has 8 aromatic rings. The van der Waals surface area contributed by atoms with Gasteiger partial charge in [0.15, 0.2) is 20.0 Å². The lowest BCUT2D eigenvalue weighted by atomic mass is 9.97. The number of carbonyl (C=O) groups excluding carboxylic acids is 8. The molecule has 4 atom stereocenters. The largest absolute Gasteiger partial charge is 0.389 e. The van der Waals surface area contributed by atoms with E-state index in [1.807, 2.05) is 73.6 Å². The number of piperidine rings is 2. The lowest BCUT2D eigenvalue weighted by Gasteiger charge is -2.33. The molecule has 5 fully saturated rings. The second kappa shape index (κ2) is 45.8. The molecule has 0 radical (unpaired) electrons. The van der Waals surface area contributed by atoms with Crippen LogP contribution in [0, 0.1) is 44.4 Å². The van der Waals surface area contributed by atoms with Gasteiger partial charge in [0.2, 0.25) is 0 Å². The maximum Gasteiger partial charge on any atom is 0.280 e. The topological polar surface area (TPSA) is 430 Å². The Balaban J connectivity index is 0.000000194. The predicted molar refractivity (Wildman–Crippen MR) is 558 cm³/mol. The molecule has 12 N–H and O–H groups in total. The summed E-state index contributed by atoms with van der Waals surface area (Å²) in [5.41, 5.74) is 3.19. The number of thiazole rings is 4. The van der Waals surface area contributed by atoms with Gasteiger partial charge in [-0.1, -0.05) is 48.5 Å². The van der Waals surface area contributed by atoms with Crippen molar-refractivity contribution in [2.75, 3.05) is 86.7 Å². The number of pyridine rings is 4. The number of hydrogen-bond donors (Lipinski definition) is 12. The zero-order chi connectivity index (χ0) is 105. The van der Waals surface area contributed by atoms with Crippen LogP contribution in [0.5, 0.6) is 0 Å². The summed E-state index contributed by atoms with van der Waals surface area (Å²) < 4.78 is 28.2. The number of aryl methyl sites for hydroxylation is 4. The van der Waals surface area contributed by atoms with E-state index in [0.717, 1.165) is 144 Å². The van der Waals surface area contributed by atoms with Crippen LogP contribution in [0.2, 0.25) is 0 Å². The molecule has 8 aromatic heterocycles. The molecule has 0 spiro atoms. The Morgan fingerprint density at radius 3 is 0.908 bits per heavy atom. The number of nitrogens with one attached hydrogen (secondary N) is 8. The van der Waals surface area contributed by atoms with Gasteiger partial charge in [-0.15, -0.1) is 45.3 Å². The molecule has 32 nitrogen and oxygen atoms in total. The molecule has 141 heavy (non-hydrogen) atoms. The highest BCUT2D eigenvalue weighted by Crippen LogP contribution is 2.45. The van der Waals surface area contributed by atoms with E-state index in [2.05, 4.69) is 172 Å². The lowest BCUT2D eigenvalue weighted by Crippen LogP contribution is -2.42. The molecule has 1 saturated carbocycles. The SMILES string of the molecule is CCC(C)(C)Nc1cc(C)c(-c2sc(C(=O)NCC(C)(C)O)nc2C(=O)N2CCCC[C@@H]2C)cn1.Cc1cc(NC(C)(C)C2CC2)ncc1-c1sc(C(=O)NCC(C)(C)O)nc1C(=O)N1CC(F)(F)C[C@@H]1C.Cc1cc(NCC(C)(C)C)ncc1-c1sc(C(=O)NCC(C)(C)O)nc1C(=O)N1CCCC[C@@H]1C.Cc1cc(NCC(C)(C)C)ncc1-c1sc(C(=O)NCC(C)(C)O)nc1C(=O)N1CCC[C@@H]1C. The molecule has 4 aliphatic heterocycles. The number of alkyl halides is 2. The molecule has 772 valence electrons. The van der Waals surface area contributed by atoms with E-state index in [0.29, 0.717) is 56.4 Å². The molecule has 1 aliphatic carbocycles. The fourth-order valence-electron chi connectivity index (χ4n) is 16.2. The Hall–Kier alpha value is -10.2. The molecular weight excluding hydrogens is 1880 g/mol. The van der Waals surface area contributed by atoms with Crippen molar-refractivity contribution in [1.82, 2.24) is 80.7 Å². The van der Waals surface area contributed by atoms with Gasteiger partial charge in [0.25, 0.3) is 53.2 Å². The number of halogens is 2. The van der Waals surface area contributed by atoms with E-state index < -0.39 is 76.9 Å². The zero-order valence-corrected chi connectivity index (χ0v) is 90.6. The van der Waals surface area contributed by atoms with Gasteiger partial charge in [0, 0.05) is 148 Å². The van der Waals surface area contributed by atoms with Crippen molar-refractivity contribution in [2.24, 2.45) is 16.7 Å². The van der Waals surface area contributed by atoms with Crippen LogP contribution in [0.4, 0.5) is 32.1 Å². The van der Waals surface area contributed by atoms with Crippen LogP contribution in [-0.4, -0.2) is 256 Å². The van der Waals surface area contributed by atoms with Crippen LogP contribution in [0.1, 0.15) is 340 Å². The van der Waals surface area contributed by atoms with Gasteiger partial charge < -0.3 is 82.6 Å². The monoisotopic (exact) mass is 2030 g/mol. The molecule has 8 amide bonds. The van der Waals surface area contributed by atoms with Crippen molar-refractivity contribution in [1.29, 1.82) is 0 Å². The van der Waals surface area contributed by atoms with Crippen LogP contribution >= 0.6 is 45.3 Å². The maximum atomic E-state index is 14.1. The molecule has 12 heterocycles. The number of rotatable bonds is 30. The first-order valence-corrected chi connectivity index (χ1v) is 52.2. The summed E-state index contributed by atoms with van der Waals surface area (Å²) in [5.74, 6) is -2.26. The van der Waals surface area contributed by atoms with Crippen molar-refractivity contribution >= 4 is 116 Å². The average Bonchev–Trinajstić information content (AvgIpc) is 1.60. The van der Waals surface area contributed by atoms with Gasteiger partial charge in [-0.2, -0.15) is 0 Å². The number of carbonyl (C=O) groups is 8. The number of aliphatic hydroxyl groups is 4. The molecule has 0 bridgehead atoms. The lowest BCUT2D eigenvalue weighted by molar-refractivity contribution is 0.0117. The minimum atomic E-state index is -2.97. The first-order valence-electron chi connectivity index (χ1n) is 49.0. The minimum absolute atomic E-state index is 0.0117. The molecule has 4 saturated heterocycles. The third kappa shape index (κ3) is 31.9. The minimum Gasteiger partial charge on any atom is -0.389 e. The molecule has 5 aliphatic rings. The molecular formula is C103H150F2N20O12S4. The van der Waals surface area contributed by atoms with E-state index in [1.54, 1.807) is 87.1 Å². The second-order valence-electron chi connectivity index (χ2n) is 44.6. The summed E-state index contributed by atoms with van der Waals surface area (Å²) in [5, 5.41) is 64.9. The van der Waals surface area contributed by atoms with Gasteiger partial charge in [-0.3, -0.25) is 38.4 Å². The van der Waals surface area contributed by atoms with E-state index in [1.165, 1.54) is 46.9 Å². The van der Waals surface area contributed by atoms with Crippen molar-refractivity contribution in [2.45, 2.75) is 328 Å². The Bertz CT molecular complexity index is 5790. The van der Waals surface area contributed by atoms with Crippen molar-refractivity contribution < 1.29 is 67.6 Å². The standard InChI is InChI=1S/C26H35F2N5O3S.2C26H39N5O3S.C25H37N5O3S/c1-14-9-18(32-25(5,6)16-7-8-16)29-11-17(14)20-19(23(35)33-13-26(27,28)10-15(33)2)31-22(37-20)21(34)30-12-24(3,4)36;1-16-12-19(28-14-25(3,4)5)27-13-18(16)21-20(24(33)31-11-9-8-10-17(31)2)30-23(35-21)22(32)29-15-26(6,7)34;1-8-25(4,5)30-19-13-16(2)18(14-27-19)21-20(24(33)31-12-10-9-11-17(31)3)29-23(35-21)22(32)28-15-26(6,7)34;1-15-11-18(27-13-24(3,4)5)26-12-17(15)20-19(23(32)30-10-8-9-16(30)2)29-22(34-20)21(31)28-14-25(6,7)33/h9,11,15-16,36H,7-8,10,12-13H2,1-6H3,(H,29,32)(H,30,34);12-13,17,34H,8-11,14-15H2,1-7H3,(H,27,28)(H,29,32);13-14,17,34H,8-12,15H2,1-7H3,(H,27,30)(H,28,32);11-12,16,33H,8-10,13-14H2,1-7H3,(H,26,27)(H,28,31)/t15-;2*17-;16-/m0000/s1. The van der Waals surface area contributed by atoms with Crippen LogP contribution in [0.3, 0.4) is 0 Å². The van der Waals surface area contributed by atoms with E-state index in [9.17, 15) is 67.6 Å². The van der Waals surface area contributed by atoms with Crippen LogP contribution < -0.4 is 42.5 Å². The van der Waals surface area contributed by atoms with Crippen LogP contribution in [-0.2, 0) is 0 Å². The maximum absolute atomic E-state index is 14.1. The highest BCUT2D eigenvalue weighted by atomic mass is 32.1. The smallest absolute Gasteiger partial charge is 0.280 e. The van der Waals surface area contributed by atoms with E-state index in [-0.39, 0.29) is 127 Å². The number of amides is 8. The zero-order valence-electron chi connectivity index (χ0n) is 87.4. The van der Waals surface area contributed by atoms with Gasteiger partial charge in [-0.25, -0.2) is 48.7 Å². The Labute approximate surface area is 845 Å². The quantitative estimate of drug-likeness (QED) is 0.0199. The number of anilines is 4. The highest BCUT2D eigenvalue weighted by Gasteiger charge is 2.47. The fourth-order valence-corrected chi connectivity index (χ4v) is 20.4. The Morgan fingerprint density at radius 2 is 0.660 bits per heavy atom. The summed E-state index contributed by atoms with van der Waals surface area (Å²) in [7, 11) is 0. The Morgan fingerprint density at radius 1 is 0.383 bits per heavy atom. The fraction of sp³-hybridized carbons (Fsp3) is 0.612. The van der Waals surface area contributed by atoms with Crippen molar-refractivity contribution in [3.05, 3.63) is 114 Å². The number of hydrogen-bond acceptors (Lipinski definition) is 28. The van der Waals surface area contributed by atoms with Crippen LogP contribution in [0.25, 0.3) is 41.8 Å². The van der Waals surface area contributed by atoms with Gasteiger partial charge >= 0.3 is 0 Å². The summed E-state index contributed by atoms with van der Waals surface area (Å²) in [6, 6.07) is 7.50.